The van der Waals surface area contributed by atoms with Crippen LogP contribution in [0.25, 0.3) is 11.0 Å². The lowest BCUT2D eigenvalue weighted by Crippen LogP contribution is -2.28. The third-order valence-electron chi connectivity index (χ3n) is 3.53. The molecule has 1 saturated heterocycles. The van der Waals surface area contributed by atoms with Gasteiger partial charge in [-0.25, -0.2) is 4.98 Å². The van der Waals surface area contributed by atoms with Gasteiger partial charge in [0.25, 0.3) is 0 Å². The molecule has 0 amide bonds. The Hall–Kier alpha value is -1.39. The molecular weight excluding hydrogens is 214 g/mol. The molecule has 1 atom stereocenters. The van der Waals surface area contributed by atoms with E-state index in [1.54, 1.807) is 0 Å². The van der Waals surface area contributed by atoms with Crippen molar-refractivity contribution in [2.75, 3.05) is 13.1 Å². The maximum Gasteiger partial charge on any atom is 0.137 e. The van der Waals surface area contributed by atoms with Crippen LogP contribution in [-0.4, -0.2) is 28.2 Å². The highest BCUT2D eigenvalue weighted by Crippen LogP contribution is 2.29. The lowest BCUT2D eigenvalue weighted by molar-refractivity contribution is 0.277. The van der Waals surface area contributed by atoms with Crippen LogP contribution < -0.4 is 5.32 Å². The zero-order valence-electron chi connectivity index (χ0n) is 9.74. The van der Waals surface area contributed by atoms with Crippen molar-refractivity contribution in [1.82, 2.24) is 15.3 Å². The van der Waals surface area contributed by atoms with Crippen molar-refractivity contribution in [3.8, 4) is 0 Å². The third kappa shape index (κ3) is 1.94. The molecule has 3 N–H and O–H groups in total. The topological polar surface area (TPSA) is 60.9 Å². The molecule has 0 radical (unpaired) electrons. The number of H-pyrrole nitrogens is 1. The summed E-state index contributed by atoms with van der Waals surface area (Å²) in [6.45, 7) is 2.18. The van der Waals surface area contributed by atoms with Gasteiger partial charge in [-0.15, -0.1) is 0 Å². The quantitative estimate of drug-likeness (QED) is 0.734. The average Bonchev–Trinajstić information content (AvgIpc) is 2.82. The van der Waals surface area contributed by atoms with Crippen LogP contribution in [0.1, 0.15) is 30.0 Å². The van der Waals surface area contributed by atoms with Crippen molar-refractivity contribution >= 4 is 11.0 Å². The highest BCUT2D eigenvalue weighted by Gasteiger charge is 2.18. The molecule has 0 saturated carbocycles. The largest absolute Gasteiger partial charge is 0.390 e. The molecule has 1 fully saturated rings. The molecule has 1 aliphatic heterocycles. The molecule has 3 heterocycles. The summed E-state index contributed by atoms with van der Waals surface area (Å²) in [5, 5.41) is 13.7. The number of aliphatic hydroxyl groups is 1. The Kier molecular flexibility index (Phi) is 2.82. The van der Waals surface area contributed by atoms with Gasteiger partial charge in [-0.3, -0.25) is 0 Å². The zero-order valence-corrected chi connectivity index (χ0v) is 9.74. The monoisotopic (exact) mass is 231 g/mol. The van der Waals surface area contributed by atoms with Crippen LogP contribution in [0.4, 0.5) is 0 Å². The van der Waals surface area contributed by atoms with Crippen LogP contribution in [0.5, 0.6) is 0 Å². The van der Waals surface area contributed by atoms with Crippen molar-refractivity contribution in [2.24, 2.45) is 0 Å². The van der Waals surface area contributed by atoms with Gasteiger partial charge in [-0.2, -0.15) is 0 Å². The number of pyridine rings is 1. The van der Waals surface area contributed by atoms with Crippen molar-refractivity contribution in [1.29, 1.82) is 0 Å². The van der Waals surface area contributed by atoms with Crippen LogP contribution in [-0.2, 0) is 6.61 Å². The smallest absolute Gasteiger partial charge is 0.137 e. The summed E-state index contributed by atoms with van der Waals surface area (Å²) in [6.07, 6.45) is 4.54. The van der Waals surface area contributed by atoms with Gasteiger partial charge in [0, 0.05) is 18.1 Å². The highest BCUT2D eigenvalue weighted by atomic mass is 16.3. The first-order chi connectivity index (χ1) is 8.38. The first kappa shape index (κ1) is 10.7. The average molecular weight is 231 g/mol. The number of piperidine rings is 1. The molecule has 0 unspecified atom stereocenters. The molecule has 1 aliphatic rings. The molecule has 3 rings (SSSR count). The molecule has 4 heteroatoms. The summed E-state index contributed by atoms with van der Waals surface area (Å²) in [5.74, 6) is 0.583. The van der Waals surface area contributed by atoms with E-state index >= 15 is 0 Å². The Morgan fingerprint density at radius 1 is 1.41 bits per heavy atom. The number of hydrogen-bond acceptors (Lipinski definition) is 3. The van der Waals surface area contributed by atoms with Crippen LogP contribution in [0, 0.1) is 0 Å². The van der Waals surface area contributed by atoms with Gasteiger partial charge in [0.15, 0.2) is 0 Å². The molecule has 90 valence electrons. The molecule has 0 bridgehead atoms. The summed E-state index contributed by atoms with van der Waals surface area (Å²) >= 11 is 0. The second-order valence-electron chi connectivity index (χ2n) is 4.64. The zero-order chi connectivity index (χ0) is 11.7. The van der Waals surface area contributed by atoms with Gasteiger partial charge in [0.1, 0.15) is 5.65 Å². The van der Waals surface area contributed by atoms with E-state index in [9.17, 15) is 0 Å². The minimum Gasteiger partial charge on any atom is -0.390 e. The van der Waals surface area contributed by atoms with E-state index in [1.807, 2.05) is 6.07 Å². The van der Waals surface area contributed by atoms with Crippen LogP contribution >= 0.6 is 0 Å². The number of aromatic amines is 1. The standard InChI is InChI=1S/C13H17N3O/c17-8-10-3-4-11-12(7-15-13(11)16-10)9-2-1-5-14-6-9/h3-4,7,9,14,17H,1-2,5-6,8H2,(H,15,16)/t9-/m1/s1. The maximum absolute atomic E-state index is 9.07. The van der Waals surface area contributed by atoms with Crippen molar-refractivity contribution in [2.45, 2.75) is 25.4 Å². The van der Waals surface area contributed by atoms with Crippen LogP contribution in [0.15, 0.2) is 18.3 Å². The molecular formula is C13H17N3O. The number of aromatic nitrogens is 2. The highest BCUT2D eigenvalue weighted by molar-refractivity contribution is 5.80. The molecule has 0 aliphatic carbocycles. The Morgan fingerprint density at radius 3 is 3.12 bits per heavy atom. The van der Waals surface area contributed by atoms with Gasteiger partial charge >= 0.3 is 0 Å². The van der Waals surface area contributed by atoms with E-state index in [0.717, 1.165) is 18.7 Å². The molecule has 2 aromatic rings. The van der Waals surface area contributed by atoms with Gasteiger partial charge in [0.2, 0.25) is 0 Å². The summed E-state index contributed by atoms with van der Waals surface area (Å²) in [6, 6.07) is 3.96. The SMILES string of the molecule is OCc1ccc2c([C@@H]3CCCNC3)c[nH]c2n1. The van der Waals surface area contributed by atoms with E-state index in [-0.39, 0.29) is 6.61 Å². The number of aliphatic hydroxyl groups excluding tert-OH is 1. The van der Waals surface area contributed by atoms with E-state index < -0.39 is 0 Å². The van der Waals surface area contributed by atoms with Crippen LogP contribution in [0.3, 0.4) is 0 Å². The second kappa shape index (κ2) is 4.47. The van der Waals surface area contributed by atoms with Crippen molar-refractivity contribution in [3.05, 3.63) is 29.6 Å². The first-order valence-corrected chi connectivity index (χ1v) is 6.17. The van der Waals surface area contributed by atoms with Gasteiger partial charge in [-0.1, -0.05) is 0 Å². The maximum atomic E-state index is 9.07. The van der Waals surface area contributed by atoms with E-state index in [2.05, 4.69) is 27.5 Å². The minimum absolute atomic E-state index is 0.00469. The van der Waals surface area contributed by atoms with E-state index in [0.29, 0.717) is 11.6 Å². The predicted octanol–water partition coefficient (Wildman–Crippen LogP) is 1.52. The van der Waals surface area contributed by atoms with Gasteiger partial charge in [-0.05, 0) is 43.0 Å². The van der Waals surface area contributed by atoms with Crippen molar-refractivity contribution < 1.29 is 5.11 Å². The summed E-state index contributed by atoms with van der Waals surface area (Å²) < 4.78 is 0. The molecule has 4 nitrogen and oxygen atoms in total. The molecule has 0 aromatic carbocycles. The number of nitrogens with one attached hydrogen (secondary N) is 2. The fraction of sp³-hybridized carbons (Fsp3) is 0.462. The minimum atomic E-state index is -0.00469. The Labute approximate surface area is 100 Å². The number of rotatable bonds is 2. The van der Waals surface area contributed by atoms with E-state index in [4.69, 9.17) is 5.11 Å². The fourth-order valence-corrected chi connectivity index (χ4v) is 2.61. The van der Waals surface area contributed by atoms with E-state index in [1.165, 1.54) is 23.8 Å². The molecule has 2 aromatic heterocycles. The first-order valence-electron chi connectivity index (χ1n) is 6.17. The number of fused-ring (bicyclic) bond motifs is 1. The lowest BCUT2D eigenvalue weighted by Gasteiger charge is -2.22. The predicted molar refractivity (Wildman–Crippen MR) is 66.9 cm³/mol. The molecule has 17 heavy (non-hydrogen) atoms. The third-order valence-corrected chi connectivity index (χ3v) is 3.53. The summed E-state index contributed by atoms with van der Waals surface area (Å²) in [5.41, 5.74) is 2.95. The van der Waals surface area contributed by atoms with Gasteiger partial charge in [0.05, 0.1) is 12.3 Å². The van der Waals surface area contributed by atoms with Crippen molar-refractivity contribution in [3.63, 3.8) is 0 Å². The lowest BCUT2D eigenvalue weighted by atomic mass is 9.92. The summed E-state index contributed by atoms with van der Waals surface area (Å²) in [7, 11) is 0. The number of hydrogen-bond donors (Lipinski definition) is 3. The summed E-state index contributed by atoms with van der Waals surface area (Å²) in [4.78, 5) is 7.59. The van der Waals surface area contributed by atoms with Crippen LogP contribution in [0.2, 0.25) is 0 Å². The Morgan fingerprint density at radius 2 is 2.35 bits per heavy atom. The van der Waals surface area contributed by atoms with Gasteiger partial charge < -0.3 is 15.4 Å². The Balaban J connectivity index is 1.99. The normalized spacial score (nSPS) is 20.9. The Bertz CT molecular complexity index is 514. The second-order valence-corrected chi connectivity index (χ2v) is 4.64. The number of nitrogens with zero attached hydrogens (tertiary/aromatic N) is 1. The fourth-order valence-electron chi connectivity index (χ4n) is 2.61. The molecule has 0 spiro atoms.